The summed E-state index contributed by atoms with van der Waals surface area (Å²) in [6.45, 7) is 9.65. The van der Waals surface area contributed by atoms with Crippen molar-refractivity contribution in [2.45, 2.75) is 46.1 Å². The molecule has 0 unspecified atom stereocenters. The van der Waals surface area contributed by atoms with Gasteiger partial charge in [0, 0.05) is 30.6 Å². The van der Waals surface area contributed by atoms with Crippen molar-refractivity contribution in [3.63, 3.8) is 0 Å². The Morgan fingerprint density at radius 1 is 1.36 bits per heavy atom. The Balaban J connectivity index is 2.23. The van der Waals surface area contributed by atoms with E-state index in [4.69, 9.17) is 4.98 Å². The zero-order chi connectivity index (χ0) is 15.7. The average Bonchev–Trinajstić information content (AvgIpc) is 2.54. The van der Waals surface area contributed by atoms with Crippen molar-refractivity contribution >= 4 is 10.9 Å². The van der Waals surface area contributed by atoms with Gasteiger partial charge in [-0.25, -0.2) is 0 Å². The first-order valence-electron chi connectivity index (χ1n) is 8.17. The van der Waals surface area contributed by atoms with Crippen LogP contribution in [0.5, 0.6) is 0 Å². The normalized spacial score (nSPS) is 15.0. The highest BCUT2D eigenvalue weighted by Crippen LogP contribution is 2.30. The molecule has 1 aromatic heterocycles. The zero-order valence-electron chi connectivity index (χ0n) is 13.7. The summed E-state index contributed by atoms with van der Waals surface area (Å²) in [5, 5.41) is 10.5. The topological polar surface area (TPSA) is 39.9 Å². The third kappa shape index (κ3) is 2.60. The third-order valence-electron chi connectivity index (χ3n) is 4.73. The van der Waals surface area contributed by atoms with E-state index in [9.17, 15) is 5.26 Å². The molecule has 0 aliphatic carbocycles. The van der Waals surface area contributed by atoms with Crippen LogP contribution in [0.2, 0.25) is 0 Å². The van der Waals surface area contributed by atoms with Crippen LogP contribution in [0.15, 0.2) is 18.2 Å². The number of benzene rings is 1. The lowest BCUT2D eigenvalue weighted by molar-refractivity contribution is 0.265. The molecule has 2 aromatic rings. The molecule has 1 aliphatic rings. The smallest absolute Gasteiger partial charge is 0.0708 e. The number of aromatic nitrogens is 1. The molecule has 0 fully saturated rings. The van der Waals surface area contributed by atoms with E-state index in [-0.39, 0.29) is 0 Å². The van der Waals surface area contributed by atoms with Crippen molar-refractivity contribution in [1.29, 1.82) is 5.26 Å². The summed E-state index contributed by atoms with van der Waals surface area (Å²) >= 11 is 0. The van der Waals surface area contributed by atoms with Crippen molar-refractivity contribution in [3.8, 4) is 6.07 Å². The first-order chi connectivity index (χ1) is 10.6. The van der Waals surface area contributed by atoms with E-state index in [2.05, 4.69) is 49.9 Å². The molecule has 1 aliphatic heterocycles. The molecule has 3 nitrogen and oxygen atoms in total. The average molecular weight is 293 g/mol. The predicted molar refractivity (Wildman–Crippen MR) is 89.8 cm³/mol. The van der Waals surface area contributed by atoms with Crippen molar-refractivity contribution < 1.29 is 0 Å². The summed E-state index contributed by atoms with van der Waals surface area (Å²) in [5.74, 6) is 0.488. The van der Waals surface area contributed by atoms with E-state index in [0.717, 1.165) is 31.6 Å². The third-order valence-corrected chi connectivity index (χ3v) is 4.73. The number of likely N-dealkylation sites (N-methyl/N-ethyl adjacent to an activating group) is 1. The molecule has 0 bridgehead atoms. The summed E-state index contributed by atoms with van der Waals surface area (Å²) in [6.07, 6.45) is 1.46. The van der Waals surface area contributed by atoms with Crippen molar-refractivity contribution in [2.24, 2.45) is 0 Å². The minimum Gasteiger partial charge on any atom is -0.299 e. The summed E-state index contributed by atoms with van der Waals surface area (Å²) in [7, 11) is 0. The second-order valence-corrected chi connectivity index (χ2v) is 6.40. The lowest BCUT2D eigenvalue weighted by Gasteiger charge is -2.29. The first kappa shape index (κ1) is 15.0. The lowest BCUT2D eigenvalue weighted by Crippen LogP contribution is -2.31. The van der Waals surface area contributed by atoms with Crippen molar-refractivity contribution in [2.75, 3.05) is 13.1 Å². The number of hydrogen-bond acceptors (Lipinski definition) is 3. The molecule has 0 spiro atoms. The SMILES string of the molecule is CCN1CCc2nc3ccc(C(C)C)cc3c(CC#N)c2C1. The molecule has 114 valence electrons. The van der Waals surface area contributed by atoms with E-state index < -0.39 is 0 Å². The lowest BCUT2D eigenvalue weighted by atomic mass is 9.92. The molecule has 0 amide bonds. The Labute approximate surface area is 132 Å². The van der Waals surface area contributed by atoms with Crippen LogP contribution in [0.1, 0.15) is 49.1 Å². The number of fused-ring (bicyclic) bond motifs is 2. The first-order valence-corrected chi connectivity index (χ1v) is 8.17. The maximum atomic E-state index is 9.30. The Kier molecular flexibility index (Phi) is 4.13. The second kappa shape index (κ2) is 6.06. The fourth-order valence-electron chi connectivity index (χ4n) is 3.31. The van der Waals surface area contributed by atoms with Crippen LogP contribution in [0.25, 0.3) is 10.9 Å². The van der Waals surface area contributed by atoms with Gasteiger partial charge in [-0.1, -0.05) is 26.8 Å². The molecule has 2 heterocycles. The highest BCUT2D eigenvalue weighted by Gasteiger charge is 2.21. The van der Waals surface area contributed by atoms with Gasteiger partial charge in [-0.2, -0.15) is 5.26 Å². The van der Waals surface area contributed by atoms with Crippen LogP contribution in [-0.4, -0.2) is 23.0 Å². The summed E-state index contributed by atoms with van der Waals surface area (Å²) in [4.78, 5) is 7.33. The van der Waals surface area contributed by atoms with Gasteiger partial charge in [0.1, 0.15) is 0 Å². The fourth-order valence-corrected chi connectivity index (χ4v) is 3.31. The van der Waals surface area contributed by atoms with E-state index >= 15 is 0 Å². The highest BCUT2D eigenvalue weighted by molar-refractivity contribution is 5.85. The summed E-state index contributed by atoms with van der Waals surface area (Å²) in [5.41, 5.74) is 6.04. The Hall–Kier alpha value is -1.92. The van der Waals surface area contributed by atoms with E-state index in [1.807, 2.05) is 0 Å². The minimum absolute atomic E-state index is 0.473. The fraction of sp³-hybridized carbons (Fsp3) is 0.474. The van der Waals surface area contributed by atoms with Gasteiger partial charge in [0.25, 0.3) is 0 Å². The summed E-state index contributed by atoms with van der Waals surface area (Å²) in [6, 6.07) is 8.90. The van der Waals surface area contributed by atoms with Crippen LogP contribution < -0.4 is 0 Å². The maximum absolute atomic E-state index is 9.30. The van der Waals surface area contributed by atoms with Gasteiger partial charge in [-0.3, -0.25) is 9.88 Å². The number of nitrogens with zero attached hydrogens (tertiary/aromatic N) is 3. The van der Waals surface area contributed by atoms with Crippen LogP contribution in [0.3, 0.4) is 0 Å². The number of hydrogen-bond donors (Lipinski definition) is 0. The van der Waals surface area contributed by atoms with Gasteiger partial charge < -0.3 is 0 Å². The molecular formula is C19H23N3. The standard InChI is InChI=1S/C19H23N3/c1-4-22-10-8-19-17(12-22)15(7-9-20)16-11-14(13(2)3)5-6-18(16)21-19/h5-6,11,13H,4,7-8,10,12H2,1-3H3. The Bertz CT molecular complexity index is 740. The molecule has 0 saturated heterocycles. The van der Waals surface area contributed by atoms with E-state index in [1.54, 1.807) is 0 Å². The number of rotatable bonds is 3. The van der Waals surface area contributed by atoms with E-state index in [1.165, 1.54) is 27.8 Å². The van der Waals surface area contributed by atoms with Crippen molar-refractivity contribution in [3.05, 3.63) is 40.6 Å². The monoisotopic (exact) mass is 293 g/mol. The van der Waals surface area contributed by atoms with Gasteiger partial charge in [-0.05, 0) is 41.3 Å². The summed E-state index contributed by atoms with van der Waals surface area (Å²) < 4.78 is 0. The minimum atomic E-state index is 0.473. The molecular weight excluding hydrogens is 270 g/mol. The van der Waals surface area contributed by atoms with Gasteiger partial charge in [0.05, 0.1) is 18.0 Å². The van der Waals surface area contributed by atoms with Crippen molar-refractivity contribution in [1.82, 2.24) is 9.88 Å². The molecule has 0 atom stereocenters. The van der Waals surface area contributed by atoms with Gasteiger partial charge in [0.15, 0.2) is 0 Å². The molecule has 0 radical (unpaired) electrons. The maximum Gasteiger partial charge on any atom is 0.0708 e. The Morgan fingerprint density at radius 3 is 2.86 bits per heavy atom. The van der Waals surface area contributed by atoms with Gasteiger partial charge in [-0.15, -0.1) is 0 Å². The van der Waals surface area contributed by atoms with Crippen LogP contribution in [0.4, 0.5) is 0 Å². The van der Waals surface area contributed by atoms with Gasteiger partial charge >= 0.3 is 0 Å². The van der Waals surface area contributed by atoms with Crippen LogP contribution in [0, 0.1) is 11.3 Å². The largest absolute Gasteiger partial charge is 0.299 e. The number of nitriles is 1. The van der Waals surface area contributed by atoms with Crippen LogP contribution in [-0.2, 0) is 19.4 Å². The molecule has 3 heteroatoms. The molecule has 3 rings (SSSR count). The predicted octanol–water partition coefficient (Wildman–Crippen LogP) is 3.80. The van der Waals surface area contributed by atoms with Gasteiger partial charge in [0.2, 0.25) is 0 Å². The zero-order valence-corrected chi connectivity index (χ0v) is 13.7. The quantitative estimate of drug-likeness (QED) is 0.864. The Morgan fingerprint density at radius 2 is 2.18 bits per heavy atom. The molecule has 1 aromatic carbocycles. The van der Waals surface area contributed by atoms with Crippen LogP contribution >= 0.6 is 0 Å². The van der Waals surface area contributed by atoms with E-state index in [0.29, 0.717) is 12.3 Å². The highest BCUT2D eigenvalue weighted by atomic mass is 15.1. The molecule has 0 saturated carbocycles. The second-order valence-electron chi connectivity index (χ2n) is 6.40. The molecule has 0 N–H and O–H groups in total. The molecule has 22 heavy (non-hydrogen) atoms. The number of pyridine rings is 1.